The van der Waals surface area contributed by atoms with Gasteiger partial charge in [0.15, 0.2) is 5.76 Å². The minimum atomic E-state index is -0.331. The Kier molecular flexibility index (Phi) is 2.75. The van der Waals surface area contributed by atoms with Crippen LogP contribution in [-0.4, -0.2) is 5.78 Å². The van der Waals surface area contributed by atoms with Gasteiger partial charge in [0.1, 0.15) is 11.4 Å². The molecule has 1 aromatic carbocycles. The summed E-state index contributed by atoms with van der Waals surface area (Å²) in [4.78, 5) is 14.1. The molecule has 0 fully saturated rings. The average Bonchev–Trinajstić information content (AvgIpc) is 2.94. The van der Waals surface area contributed by atoms with Crippen molar-refractivity contribution in [2.24, 2.45) is 0 Å². The number of hydrogen-bond acceptors (Lipinski definition) is 3. The molecule has 0 aliphatic carbocycles. The Morgan fingerprint density at radius 2 is 2.00 bits per heavy atom. The molecule has 0 bridgehead atoms. The summed E-state index contributed by atoms with van der Waals surface area (Å²) in [5.41, 5.74) is 1.22. The van der Waals surface area contributed by atoms with Crippen LogP contribution in [0.1, 0.15) is 25.9 Å². The van der Waals surface area contributed by atoms with Crippen LogP contribution in [0, 0.1) is 19.7 Å². The van der Waals surface area contributed by atoms with E-state index in [-0.39, 0.29) is 11.6 Å². The lowest BCUT2D eigenvalue weighted by Crippen LogP contribution is -1.98. The first-order valence-electron chi connectivity index (χ1n) is 5.86. The second-order valence-electron chi connectivity index (χ2n) is 4.44. The van der Waals surface area contributed by atoms with E-state index < -0.39 is 0 Å². The molecule has 3 aromatic rings. The van der Waals surface area contributed by atoms with E-state index in [1.54, 1.807) is 19.1 Å². The predicted molar refractivity (Wildman–Crippen MR) is 73.4 cm³/mol. The van der Waals surface area contributed by atoms with Crippen molar-refractivity contribution in [1.29, 1.82) is 0 Å². The number of thiophene rings is 1. The third kappa shape index (κ3) is 1.98. The quantitative estimate of drug-likeness (QED) is 0.645. The van der Waals surface area contributed by atoms with E-state index in [0.717, 1.165) is 4.88 Å². The van der Waals surface area contributed by atoms with Crippen LogP contribution in [0.5, 0.6) is 0 Å². The zero-order valence-corrected chi connectivity index (χ0v) is 11.3. The molecule has 0 radical (unpaired) electrons. The van der Waals surface area contributed by atoms with Crippen LogP contribution in [0.2, 0.25) is 0 Å². The normalized spacial score (nSPS) is 11.1. The number of fused-ring (bicyclic) bond motifs is 1. The summed E-state index contributed by atoms with van der Waals surface area (Å²) in [6.45, 7) is 3.72. The first kappa shape index (κ1) is 12.1. The van der Waals surface area contributed by atoms with E-state index in [4.69, 9.17) is 4.42 Å². The molecular formula is C15H11FO2S. The van der Waals surface area contributed by atoms with Gasteiger partial charge >= 0.3 is 0 Å². The number of furan rings is 1. The number of aryl methyl sites for hydroxylation is 2. The maximum Gasteiger partial charge on any atom is 0.238 e. The maximum atomic E-state index is 13.2. The van der Waals surface area contributed by atoms with Crippen molar-refractivity contribution in [3.8, 4) is 0 Å². The smallest absolute Gasteiger partial charge is 0.238 e. The van der Waals surface area contributed by atoms with Crippen LogP contribution in [0.3, 0.4) is 0 Å². The molecule has 0 aliphatic heterocycles. The van der Waals surface area contributed by atoms with Gasteiger partial charge in [-0.1, -0.05) is 0 Å². The number of carbonyl (C=O) groups excluding carboxylic acids is 1. The molecule has 0 unspecified atom stereocenters. The number of ketones is 1. The number of rotatable bonds is 2. The van der Waals surface area contributed by atoms with E-state index in [2.05, 4.69) is 0 Å². The van der Waals surface area contributed by atoms with Crippen LogP contribution >= 0.6 is 11.3 Å². The van der Waals surface area contributed by atoms with Crippen LogP contribution in [0.15, 0.2) is 34.7 Å². The highest BCUT2D eigenvalue weighted by Crippen LogP contribution is 2.29. The Balaban J connectivity index is 2.15. The highest BCUT2D eigenvalue weighted by atomic mass is 32.1. The molecule has 3 rings (SSSR count). The van der Waals surface area contributed by atoms with Gasteiger partial charge in [-0.3, -0.25) is 4.79 Å². The van der Waals surface area contributed by atoms with Gasteiger partial charge in [-0.15, -0.1) is 11.3 Å². The lowest BCUT2D eigenvalue weighted by Gasteiger charge is -1.94. The van der Waals surface area contributed by atoms with Gasteiger partial charge in [0.2, 0.25) is 5.78 Å². The molecule has 2 aromatic heterocycles. The molecule has 0 atom stereocenters. The zero-order valence-electron chi connectivity index (χ0n) is 10.5. The summed E-state index contributed by atoms with van der Waals surface area (Å²) < 4.78 is 18.8. The second-order valence-corrected chi connectivity index (χ2v) is 5.72. The highest BCUT2D eigenvalue weighted by Gasteiger charge is 2.20. The van der Waals surface area contributed by atoms with E-state index >= 15 is 0 Å². The standard InChI is InChI=1S/C15H11FO2S/c1-8-3-6-13(19-8)14(17)15-9(2)11-7-10(16)4-5-12(11)18-15/h3-7H,1-2H3. The third-order valence-electron chi connectivity index (χ3n) is 3.07. The van der Waals surface area contributed by atoms with Gasteiger partial charge in [-0.05, 0) is 44.2 Å². The highest BCUT2D eigenvalue weighted by molar-refractivity contribution is 7.14. The second kappa shape index (κ2) is 4.31. The van der Waals surface area contributed by atoms with Crippen molar-refractivity contribution in [3.05, 3.63) is 57.2 Å². The summed E-state index contributed by atoms with van der Waals surface area (Å²) in [5.74, 6) is -0.183. The van der Waals surface area contributed by atoms with Crippen molar-refractivity contribution in [1.82, 2.24) is 0 Å². The van der Waals surface area contributed by atoms with Gasteiger partial charge in [0.05, 0.1) is 4.88 Å². The molecule has 4 heteroatoms. The largest absolute Gasteiger partial charge is 0.452 e. The molecule has 96 valence electrons. The molecule has 2 nitrogen and oxygen atoms in total. The van der Waals surface area contributed by atoms with Crippen molar-refractivity contribution >= 4 is 28.1 Å². The molecule has 0 amide bonds. The average molecular weight is 274 g/mol. The number of benzene rings is 1. The molecule has 0 saturated heterocycles. The summed E-state index contributed by atoms with van der Waals surface area (Å²) >= 11 is 1.43. The van der Waals surface area contributed by atoms with Gasteiger partial charge in [0.25, 0.3) is 0 Å². The minimum absolute atomic E-state index is 0.146. The minimum Gasteiger partial charge on any atom is -0.452 e. The summed E-state index contributed by atoms with van der Waals surface area (Å²) in [6.07, 6.45) is 0. The predicted octanol–water partition coefficient (Wildman–Crippen LogP) is 4.48. The lowest BCUT2D eigenvalue weighted by atomic mass is 10.1. The summed E-state index contributed by atoms with van der Waals surface area (Å²) in [7, 11) is 0. The fourth-order valence-electron chi connectivity index (χ4n) is 2.08. The van der Waals surface area contributed by atoms with E-state index in [9.17, 15) is 9.18 Å². The van der Waals surface area contributed by atoms with Crippen molar-refractivity contribution in [2.75, 3.05) is 0 Å². The maximum absolute atomic E-state index is 13.2. The van der Waals surface area contributed by atoms with Crippen molar-refractivity contribution in [3.63, 3.8) is 0 Å². The Morgan fingerprint density at radius 1 is 1.21 bits per heavy atom. The number of halogens is 1. The Bertz CT molecular complexity index is 783. The van der Waals surface area contributed by atoms with Gasteiger partial charge in [-0.2, -0.15) is 0 Å². The van der Waals surface area contributed by atoms with Crippen LogP contribution in [-0.2, 0) is 0 Å². The van der Waals surface area contributed by atoms with E-state index in [0.29, 0.717) is 27.2 Å². The molecule has 0 spiro atoms. The first-order valence-corrected chi connectivity index (χ1v) is 6.67. The fraction of sp³-hybridized carbons (Fsp3) is 0.133. The third-order valence-corrected chi connectivity index (χ3v) is 4.07. The topological polar surface area (TPSA) is 30.2 Å². The Morgan fingerprint density at radius 3 is 2.68 bits per heavy atom. The van der Waals surface area contributed by atoms with E-state index in [1.165, 1.54) is 23.5 Å². The molecule has 19 heavy (non-hydrogen) atoms. The summed E-state index contributed by atoms with van der Waals surface area (Å²) in [6, 6.07) is 7.96. The van der Waals surface area contributed by atoms with E-state index in [1.807, 2.05) is 13.0 Å². The number of hydrogen-bond donors (Lipinski definition) is 0. The SMILES string of the molecule is Cc1ccc(C(=O)c2oc3ccc(F)cc3c2C)s1. The molecule has 0 N–H and O–H groups in total. The van der Waals surface area contributed by atoms with Crippen LogP contribution < -0.4 is 0 Å². The Labute approximate surface area is 113 Å². The first-order chi connectivity index (χ1) is 9.06. The van der Waals surface area contributed by atoms with Crippen LogP contribution in [0.25, 0.3) is 11.0 Å². The van der Waals surface area contributed by atoms with Gasteiger partial charge in [-0.25, -0.2) is 4.39 Å². The monoisotopic (exact) mass is 274 g/mol. The zero-order chi connectivity index (χ0) is 13.6. The van der Waals surface area contributed by atoms with Crippen LogP contribution in [0.4, 0.5) is 4.39 Å². The Hall–Kier alpha value is -1.94. The molecule has 2 heterocycles. The molecule has 0 aliphatic rings. The van der Waals surface area contributed by atoms with Crippen molar-refractivity contribution < 1.29 is 13.6 Å². The van der Waals surface area contributed by atoms with Crippen molar-refractivity contribution in [2.45, 2.75) is 13.8 Å². The number of carbonyl (C=O) groups is 1. The van der Waals surface area contributed by atoms with Gasteiger partial charge < -0.3 is 4.42 Å². The summed E-state index contributed by atoms with van der Waals surface area (Å²) in [5, 5.41) is 0.650. The van der Waals surface area contributed by atoms with Gasteiger partial charge in [0, 0.05) is 15.8 Å². The lowest BCUT2D eigenvalue weighted by molar-refractivity contribution is 0.101. The molecular weight excluding hydrogens is 263 g/mol. The fourth-order valence-corrected chi connectivity index (χ4v) is 2.88. The molecule has 0 saturated carbocycles.